The lowest BCUT2D eigenvalue weighted by atomic mass is 10.2. The molecule has 0 spiro atoms. The molecule has 0 radical (unpaired) electrons. The number of benzene rings is 1. The molecule has 1 heterocycles. The minimum Gasteiger partial charge on any atom is -0.306 e. The minimum absolute atomic E-state index is 1.01. The lowest BCUT2D eigenvalue weighted by molar-refractivity contribution is 1.03. The Morgan fingerprint density at radius 3 is 3.00 bits per heavy atom. The van der Waals surface area contributed by atoms with Crippen LogP contribution in [0.2, 0.25) is 0 Å². The van der Waals surface area contributed by atoms with E-state index in [-0.39, 0.29) is 0 Å². The summed E-state index contributed by atoms with van der Waals surface area (Å²) in [4.78, 5) is 4.07. The summed E-state index contributed by atoms with van der Waals surface area (Å²) < 4.78 is 3.13. The van der Waals surface area contributed by atoms with Crippen molar-refractivity contribution in [2.45, 2.75) is 5.75 Å². The molecule has 0 aliphatic carbocycles. The number of hydrogen-bond donors (Lipinski definition) is 0. The second-order valence-corrected chi connectivity index (χ2v) is 4.96. The monoisotopic (exact) mass is 282 g/mol. The molecule has 0 saturated carbocycles. The van der Waals surface area contributed by atoms with E-state index < -0.39 is 0 Å². The topological polar surface area (TPSA) is 17.8 Å². The number of thioether (sulfide) groups is 1. The fraction of sp³-hybridized carbons (Fsp3) is 0.182. The van der Waals surface area contributed by atoms with Gasteiger partial charge in [0.15, 0.2) is 0 Å². The fourth-order valence-electron chi connectivity index (χ4n) is 1.46. The molecule has 0 aliphatic rings. The predicted octanol–water partition coefficient (Wildman–Crippen LogP) is 3.50. The Morgan fingerprint density at radius 2 is 2.33 bits per heavy atom. The van der Waals surface area contributed by atoms with Gasteiger partial charge in [-0.2, -0.15) is 11.8 Å². The number of rotatable bonds is 3. The number of imidazole rings is 1. The predicted molar refractivity (Wildman–Crippen MR) is 68.5 cm³/mol. The van der Waals surface area contributed by atoms with E-state index in [4.69, 9.17) is 0 Å². The van der Waals surface area contributed by atoms with Gasteiger partial charge in [0, 0.05) is 22.6 Å². The molecule has 2 aromatic rings. The number of nitrogens with zero attached hydrogens (tertiary/aromatic N) is 2. The zero-order valence-corrected chi connectivity index (χ0v) is 10.8. The highest BCUT2D eigenvalue weighted by atomic mass is 79.9. The molecule has 0 bridgehead atoms. The zero-order valence-electron chi connectivity index (χ0n) is 8.35. The second kappa shape index (κ2) is 4.86. The quantitative estimate of drug-likeness (QED) is 0.858. The van der Waals surface area contributed by atoms with Gasteiger partial charge in [0.05, 0.1) is 12.0 Å². The van der Waals surface area contributed by atoms with E-state index in [1.165, 1.54) is 11.3 Å². The van der Waals surface area contributed by atoms with Gasteiger partial charge in [0.25, 0.3) is 0 Å². The van der Waals surface area contributed by atoms with Crippen LogP contribution in [0.5, 0.6) is 0 Å². The van der Waals surface area contributed by atoms with Crippen molar-refractivity contribution in [3.05, 3.63) is 47.0 Å². The number of aromatic nitrogens is 2. The van der Waals surface area contributed by atoms with Crippen molar-refractivity contribution < 1.29 is 0 Å². The van der Waals surface area contributed by atoms with Gasteiger partial charge in [0.2, 0.25) is 0 Å². The third kappa shape index (κ3) is 2.44. The van der Waals surface area contributed by atoms with Crippen molar-refractivity contribution in [2.24, 2.45) is 0 Å². The Bertz CT molecular complexity index is 440. The Kier molecular flexibility index (Phi) is 3.49. The van der Waals surface area contributed by atoms with Crippen LogP contribution in [0.1, 0.15) is 5.56 Å². The molecule has 2 rings (SSSR count). The van der Waals surface area contributed by atoms with Gasteiger partial charge >= 0.3 is 0 Å². The molecule has 1 aromatic carbocycles. The molecular formula is C11H11BrN2S. The smallest absolute Gasteiger partial charge is 0.0991 e. The lowest BCUT2D eigenvalue weighted by Crippen LogP contribution is -1.96. The summed E-state index contributed by atoms with van der Waals surface area (Å²) >= 11 is 5.32. The first-order valence-electron chi connectivity index (χ1n) is 4.57. The standard InChI is InChI=1S/C11H11BrN2S/c1-15-7-9-2-3-10(12)6-11(9)14-5-4-13-8-14/h2-6,8H,7H2,1H3. The third-order valence-electron chi connectivity index (χ3n) is 2.13. The van der Waals surface area contributed by atoms with E-state index in [1.807, 2.05) is 28.9 Å². The maximum Gasteiger partial charge on any atom is 0.0991 e. The Labute approximate surface area is 102 Å². The Morgan fingerprint density at radius 1 is 1.47 bits per heavy atom. The summed E-state index contributed by atoms with van der Waals surface area (Å²) in [6.07, 6.45) is 7.70. The summed E-state index contributed by atoms with van der Waals surface area (Å²) in [5.74, 6) is 1.01. The normalized spacial score (nSPS) is 10.5. The van der Waals surface area contributed by atoms with Crippen molar-refractivity contribution in [3.8, 4) is 5.69 Å². The van der Waals surface area contributed by atoms with Crippen LogP contribution in [0.3, 0.4) is 0 Å². The molecule has 0 N–H and O–H groups in total. The summed E-state index contributed by atoms with van der Waals surface area (Å²) in [6.45, 7) is 0. The molecule has 15 heavy (non-hydrogen) atoms. The highest BCUT2D eigenvalue weighted by molar-refractivity contribution is 9.10. The van der Waals surface area contributed by atoms with E-state index in [0.29, 0.717) is 0 Å². The van der Waals surface area contributed by atoms with Crippen molar-refractivity contribution >= 4 is 27.7 Å². The molecule has 0 unspecified atom stereocenters. The van der Waals surface area contributed by atoms with Gasteiger partial charge in [-0.15, -0.1) is 0 Å². The maximum atomic E-state index is 4.07. The summed E-state index contributed by atoms with van der Waals surface area (Å²) in [5.41, 5.74) is 2.51. The number of halogens is 1. The van der Waals surface area contributed by atoms with E-state index in [9.17, 15) is 0 Å². The SMILES string of the molecule is CSCc1ccc(Br)cc1-n1ccnc1. The second-order valence-electron chi connectivity index (χ2n) is 3.18. The average Bonchev–Trinajstić information content (AvgIpc) is 2.74. The van der Waals surface area contributed by atoms with E-state index >= 15 is 0 Å². The minimum atomic E-state index is 1.01. The van der Waals surface area contributed by atoms with Gasteiger partial charge in [-0.1, -0.05) is 22.0 Å². The van der Waals surface area contributed by atoms with Crippen LogP contribution in [0.15, 0.2) is 41.4 Å². The van der Waals surface area contributed by atoms with Crippen LogP contribution in [-0.4, -0.2) is 15.8 Å². The highest BCUT2D eigenvalue weighted by Crippen LogP contribution is 2.23. The summed E-state index contributed by atoms with van der Waals surface area (Å²) in [7, 11) is 0. The first-order chi connectivity index (χ1) is 7.31. The summed E-state index contributed by atoms with van der Waals surface area (Å²) in [5, 5.41) is 0. The Balaban J connectivity index is 2.47. The molecule has 0 atom stereocenters. The van der Waals surface area contributed by atoms with E-state index in [0.717, 1.165) is 10.2 Å². The van der Waals surface area contributed by atoms with Crippen LogP contribution in [0, 0.1) is 0 Å². The molecule has 0 fully saturated rings. The first-order valence-corrected chi connectivity index (χ1v) is 6.75. The molecule has 0 saturated heterocycles. The fourth-order valence-corrected chi connectivity index (χ4v) is 2.36. The van der Waals surface area contributed by atoms with Crippen LogP contribution >= 0.6 is 27.7 Å². The van der Waals surface area contributed by atoms with Gasteiger partial charge in [-0.3, -0.25) is 0 Å². The van der Waals surface area contributed by atoms with Gasteiger partial charge in [-0.05, 0) is 24.0 Å². The molecule has 2 nitrogen and oxygen atoms in total. The van der Waals surface area contributed by atoms with Crippen molar-refractivity contribution in [2.75, 3.05) is 6.26 Å². The van der Waals surface area contributed by atoms with Crippen LogP contribution in [0.4, 0.5) is 0 Å². The largest absolute Gasteiger partial charge is 0.306 e. The van der Waals surface area contributed by atoms with Gasteiger partial charge < -0.3 is 4.57 Å². The lowest BCUT2D eigenvalue weighted by Gasteiger charge is -2.09. The number of hydrogen-bond acceptors (Lipinski definition) is 2. The average molecular weight is 283 g/mol. The third-order valence-corrected chi connectivity index (χ3v) is 3.22. The molecular weight excluding hydrogens is 272 g/mol. The zero-order chi connectivity index (χ0) is 10.7. The van der Waals surface area contributed by atoms with Gasteiger partial charge in [0.1, 0.15) is 0 Å². The summed E-state index contributed by atoms with van der Waals surface area (Å²) in [6, 6.07) is 6.34. The van der Waals surface area contributed by atoms with Crippen molar-refractivity contribution in [1.29, 1.82) is 0 Å². The Hall–Kier alpha value is -0.740. The highest BCUT2D eigenvalue weighted by Gasteiger charge is 2.04. The molecule has 4 heteroatoms. The van der Waals surface area contributed by atoms with E-state index in [1.54, 1.807) is 6.20 Å². The maximum absolute atomic E-state index is 4.07. The molecule has 0 amide bonds. The molecule has 78 valence electrons. The van der Waals surface area contributed by atoms with Gasteiger partial charge in [-0.25, -0.2) is 4.98 Å². The van der Waals surface area contributed by atoms with Crippen molar-refractivity contribution in [3.63, 3.8) is 0 Å². The molecule has 0 aliphatic heterocycles. The van der Waals surface area contributed by atoms with Crippen LogP contribution < -0.4 is 0 Å². The van der Waals surface area contributed by atoms with Crippen molar-refractivity contribution in [1.82, 2.24) is 9.55 Å². The van der Waals surface area contributed by atoms with Crippen LogP contribution in [0.25, 0.3) is 5.69 Å². The first kappa shape index (κ1) is 10.8. The molecule has 1 aromatic heterocycles. The van der Waals surface area contributed by atoms with E-state index in [2.05, 4.69) is 45.4 Å². The van der Waals surface area contributed by atoms with Crippen LogP contribution in [-0.2, 0) is 5.75 Å².